The molecule has 148 valence electrons. The van der Waals surface area contributed by atoms with Gasteiger partial charge < -0.3 is 20.1 Å². The summed E-state index contributed by atoms with van der Waals surface area (Å²) >= 11 is 5.86. The maximum atomic E-state index is 12.5. The van der Waals surface area contributed by atoms with Gasteiger partial charge in [0, 0.05) is 28.3 Å². The fraction of sp³-hybridized carbons (Fsp3) is 0.0909. The second-order valence-corrected chi connectivity index (χ2v) is 6.47. The summed E-state index contributed by atoms with van der Waals surface area (Å²) in [6.07, 6.45) is 0. The minimum atomic E-state index is -0.330. The van der Waals surface area contributed by atoms with E-state index in [1.807, 2.05) is 6.07 Å². The smallest absolute Gasteiger partial charge is 0.255 e. The number of rotatable bonds is 6. The van der Waals surface area contributed by atoms with Gasteiger partial charge in [-0.25, -0.2) is 0 Å². The van der Waals surface area contributed by atoms with Gasteiger partial charge >= 0.3 is 0 Å². The molecule has 2 amide bonds. The highest BCUT2D eigenvalue weighted by atomic mass is 35.5. The molecule has 0 fully saturated rings. The lowest BCUT2D eigenvalue weighted by molar-refractivity contribution is 0.101. The highest BCUT2D eigenvalue weighted by Gasteiger charge is 2.16. The molecule has 0 aliphatic heterocycles. The van der Waals surface area contributed by atoms with Gasteiger partial charge in [0.05, 0.1) is 25.6 Å². The van der Waals surface area contributed by atoms with Gasteiger partial charge in [0.25, 0.3) is 11.8 Å². The number of methoxy groups -OCH3 is 2. The van der Waals surface area contributed by atoms with Crippen LogP contribution in [0, 0.1) is 0 Å². The molecule has 0 atom stereocenters. The van der Waals surface area contributed by atoms with Crippen LogP contribution in [0.2, 0.25) is 5.02 Å². The molecule has 0 saturated carbocycles. The Hall–Kier alpha value is -3.51. The van der Waals surface area contributed by atoms with Crippen molar-refractivity contribution in [3.8, 4) is 11.5 Å². The maximum absolute atomic E-state index is 12.5. The predicted molar refractivity (Wildman–Crippen MR) is 113 cm³/mol. The van der Waals surface area contributed by atoms with Crippen LogP contribution in [-0.2, 0) is 0 Å². The minimum Gasteiger partial charge on any atom is -0.494 e. The van der Waals surface area contributed by atoms with Crippen molar-refractivity contribution in [2.75, 3.05) is 24.9 Å². The molecule has 0 aromatic heterocycles. The van der Waals surface area contributed by atoms with Crippen molar-refractivity contribution in [1.29, 1.82) is 0 Å². The number of nitrogens with one attached hydrogen (secondary N) is 2. The fourth-order valence-electron chi connectivity index (χ4n) is 2.67. The number of benzene rings is 3. The van der Waals surface area contributed by atoms with Crippen LogP contribution in [0.25, 0.3) is 0 Å². The molecule has 0 heterocycles. The Morgan fingerprint density at radius 1 is 0.724 bits per heavy atom. The molecule has 0 unspecified atom stereocenters. The number of ether oxygens (including phenoxy) is 2. The van der Waals surface area contributed by atoms with Crippen molar-refractivity contribution in [2.45, 2.75) is 0 Å². The van der Waals surface area contributed by atoms with Gasteiger partial charge in [-0.15, -0.1) is 0 Å². The lowest BCUT2D eigenvalue weighted by atomic mass is 10.1. The average molecular weight is 411 g/mol. The Balaban J connectivity index is 1.86. The largest absolute Gasteiger partial charge is 0.494 e. The third-order valence-electron chi connectivity index (χ3n) is 4.16. The Labute approximate surface area is 173 Å². The Bertz CT molecular complexity index is 1020. The average Bonchev–Trinajstić information content (AvgIpc) is 2.75. The van der Waals surface area contributed by atoms with E-state index in [0.29, 0.717) is 39.0 Å². The SMILES string of the molecule is COc1cc(NC(=O)c2ccc(Cl)cc2)c(OC)cc1NC(=O)c1ccccc1. The summed E-state index contributed by atoms with van der Waals surface area (Å²) in [4.78, 5) is 25.0. The van der Waals surface area contributed by atoms with Gasteiger partial charge in [-0.3, -0.25) is 9.59 Å². The van der Waals surface area contributed by atoms with E-state index in [1.165, 1.54) is 14.2 Å². The van der Waals surface area contributed by atoms with Gasteiger partial charge in [0.15, 0.2) is 0 Å². The zero-order chi connectivity index (χ0) is 20.8. The number of hydrogen-bond donors (Lipinski definition) is 2. The fourth-order valence-corrected chi connectivity index (χ4v) is 2.80. The summed E-state index contributed by atoms with van der Waals surface area (Å²) < 4.78 is 10.8. The molecule has 3 aromatic carbocycles. The van der Waals surface area contributed by atoms with E-state index < -0.39 is 0 Å². The molecular formula is C22H19ClN2O4. The number of carbonyl (C=O) groups is 2. The second kappa shape index (κ2) is 9.12. The molecule has 0 bridgehead atoms. The maximum Gasteiger partial charge on any atom is 0.255 e. The van der Waals surface area contributed by atoms with Crippen molar-refractivity contribution in [2.24, 2.45) is 0 Å². The van der Waals surface area contributed by atoms with Crippen molar-refractivity contribution < 1.29 is 19.1 Å². The van der Waals surface area contributed by atoms with E-state index in [1.54, 1.807) is 60.7 Å². The molecule has 0 spiro atoms. The first-order valence-electron chi connectivity index (χ1n) is 8.71. The summed E-state index contributed by atoms with van der Waals surface area (Å²) in [6, 6.07) is 18.5. The van der Waals surface area contributed by atoms with Crippen molar-refractivity contribution >= 4 is 34.8 Å². The first-order valence-corrected chi connectivity index (χ1v) is 9.09. The Morgan fingerprint density at radius 2 is 1.17 bits per heavy atom. The van der Waals surface area contributed by atoms with E-state index in [2.05, 4.69) is 10.6 Å². The Kier molecular flexibility index (Phi) is 6.36. The molecule has 2 N–H and O–H groups in total. The summed E-state index contributed by atoms with van der Waals surface area (Å²) in [7, 11) is 2.95. The van der Waals surface area contributed by atoms with Crippen LogP contribution in [-0.4, -0.2) is 26.0 Å². The summed E-state index contributed by atoms with van der Waals surface area (Å²) in [5, 5.41) is 6.13. The van der Waals surface area contributed by atoms with E-state index in [-0.39, 0.29) is 11.8 Å². The molecule has 3 aromatic rings. The van der Waals surface area contributed by atoms with Crippen LogP contribution in [0.4, 0.5) is 11.4 Å². The van der Waals surface area contributed by atoms with E-state index in [4.69, 9.17) is 21.1 Å². The molecule has 0 saturated heterocycles. The first kappa shape index (κ1) is 20.2. The standard InChI is InChI=1S/C22H19ClN2O4/c1-28-19-13-18(25-22(27)15-8-10-16(23)11-9-15)20(29-2)12-17(19)24-21(26)14-6-4-3-5-7-14/h3-13H,1-2H3,(H,24,26)(H,25,27). The Morgan fingerprint density at radius 3 is 1.62 bits per heavy atom. The monoisotopic (exact) mass is 410 g/mol. The number of amides is 2. The molecule has 7 heteroatoms. The van der Waals surface area contributed by atoms with E-state index in [9.17, 15) is 9.59 Å². The van der Waals surface area contributed by atoms with Gasteiger partial charge in [-0.2, -0.15) is 0 Å². The molecule has 6 nitrogen and oxygen atoms in total. The van der Waals surface area contributed by atoms with Crippen LogP contribution in [0.5, 0.6) is 11.5 Å². The van der Waals surface area contributed by atoms with E-state index >= 15 is 0 Å². The van der Waals surface area contributed by atoms with E-state index in [0.717, 1.165) is 0 Å². The zero-order valence-electron chi connectivity index (χ0n) is 15.9. The number of anilines is 2. The quantitative estimate of drug-likeness (QED) is 0.608. The van der Waals surface area contributed by atoms with Crippen LogP contribution in [0.3, 0.4) is 0 Å². The predicted octanol–water partition coefficient (Wildman–Crippen LogP) is 4.86. The number of carbonyl (C=O) groups excluding carboxylic acids is 2. The third kappa shape index (κ3) is 4.86. The molecule has 29 heavy (non-hydrogen) atoms. The molecule has 3 rings (SSSR count). The highest BCUT2D eigenvalue weighted by molar-refractivity contribution is 6.30. The van der Waals surface area contributed by atoms with Crippen LogP contribution >= 0.6 is 11.6 Å². The number of halogens is 1. The topological polar surface area (TPSA) is 76.7 Å². The van der Waals surface area contributed by atoms with Gasteiger partial charge in [0.1, 0.15) is 11.5 Å². The molecule has 0 aliphatic carbocycles. The van der Waals surface area contributed by atoms with Gasteiger partial charge in [0.2, 0.25) is 0 Å². The van der Waals surface area contributed by atoms with Gasteiger partial charge in [-0.1, -0.05) is 29.8 Å². The lowest BCUT2D eigenvalue weighted by Gasteiger charge is -2.16. The van der Waals surface area contributed by atoms with Crippen molar-refractivity contribution in [1.82, 2.24) is 0 Å². The summed E-state index contributed by atoms with van der Waals surface area (Å²) in [6.45, 7) is 0. The summed E-state index contributed by atoms with van der Waals surface area (Å²) in [5.41, 5.74) is 1.77. The second-order valence-electron chi connectivity index (χ2n) is 6.03. The van der Waals surface area contributed by atoms with Crippen LogP contribution in [0.15, 0.2) is 66.7 Å². The van der Waals surface area contributed by atoms with Gasteiger partial charge in [-0.05, 0) is 36.4 Å². The molecule has 0 aliphatic rings. The summed E-state index contributed by atoms with van der Waals surface area (Å²) in [5.74, 6) is 0.130. The minimum absolute atomic E-state index is 0.288. The van der Waals surface area contributed by atoms with Crippen LogP contribution < -0.4 is 20.1 Å². The molecular weight excluding hydrogens is 392 g/mol. The first-order chi connectivity index (χ1) is 14.0. The number of hydrogen-bond acceptors (Lipinski definition) is 4. The van der Waals surface area contributed by atoms with Crippen LogP contribution in [0.1, 0.15) is 20.7 Å². The van der Waals surface area contributed by atoms with Crippen molar-refractivity contribution in [3.05, 3.63) is 82.9 Å². The third-order valence-corrected chi connectivity index (χ3v) is 4.41. The normalized spacial score (nSPS) is 10.2. The van der Waals surface area contributed by atoms with Crippen molar-refractivity contribution in [3.63, 3.8) is 0 Å². The molecule has 0 radical (unpaired) electrons. The zero-order valence-corrected chi connectivity index (χ0v) is 16.6. The lowest BCUT2D eigenvalue weighted by Crippen LogP contribution is -2.15. The highest BCUT2D eigenvalue weighted by Crippen LogP contribution is 2.37.